The van der Waals surface area contributed by atoms with Crippen molar-refractivity contribution in [1.29, 1.82) is 0 Å². The van der Waals surface area contributed by atoms with Crippen LogP contribution >= 0.6 is 0 Å². The van der Waals surface area contributed by atoms with Gasteiger partial charge in [-0.3, -0.25) is 24.1 Å². The number of hydrogen-bond donors (Lipinski definition) is 6. The van der Waals surface area contributed by atoms with Gasteiger partial charge in [-0.25, -0.2) is 0 Å². The van der Waals surface area contributed by atoms with Gasteiger partial charge < -0.3 is 36.4 Å². The predicted molar refractivity (Wildman–Crippen MR) is 172 cm³/mol. The van der Waals surface area contributed by atoms with Crippen LogP contribution in [-0.2, 0) is 16.0 Å². The molecule has 1 fully saturated rings. The molecule has 2 aromatic carbocycles. The molecule has 12 nitrogen and oxygen atoms in total. The number of hydrogen-bond acceptors (Lipinski definition) is 10. The highest BCUT2D eigenvalue weighted by Crippen LogP contribution is 2.53. The number of nitrogens with zero attached hydrogens (tertiary/aromatic N) is 2. The summed E-state index contributed by atoms with van der Waals surface area (Å²) in [6.07, 6.45) is 3.70. The first-order chi connectivity index (χ1) is 22.4. The number of likely N-dealkylation sites (N-methyl/N-ethyl adjacent to an activating group) is 1. The van der Waals surface area contributed by atoms with Gasteiger partial charge in [-0.15, -0.1) is 0 Å². The molecule has 1 heterocycles. The number of phenolic OH excluding ortho intramolecular Hbond substituents is 1. The molecule has 6 rings (SSSR count). The summed E-state index contributed by atoms with van der Waals surface area (Å²) in [5, 5.41) is 48.2. The van der Waals surface area contributed by atoms with Gasteiger partial charge in [-0.2, -0.15) is 0 Å². The lowest BCUT2D eigenvalue weighted by molar-refractivity contribution is -0.148. The van der Waals surface area contributed by atoms with Gasteiger partial charge in [0, 0.05) is 30.1 Å². The number of aromatic hydroxyl groups is 1. The molecule has 47 heavy (non-hydrogen) atoms. The average Bonchev–Trinajstić information content (AvgIpc) is 3.03. The number of nitrogens with one attached hydrogen (secondary N) is 1. The van der Waals surface area contributed by atoms with Gasteiger partial charge in [0.2, 0.25) is 5.78 Å². The number of Topliss-reactive ketones (excluding diaryl/α,β-unsaturated/α-hetero) is 2. The summed E-state index contributed by atoms with van der Waals surface area (Å²) in [6.45, 7) is 3.35. The number of likely N-dealkylation sites (tertiary alicyclic amines) is 1. The Morgan fingerprint density at radius 2 is 1.79 bits per heavy atom. The van der Waals surface area contributed by atoms with Gasteiger partial charge in [-0.1, -0.05) is 24.6 Å². The highest BCUT2D eigenvalue weighted by molar-refractivity contribution is 6.25. The zero-order chi connectivity index (χ0) is 33.8. The topological polar surface area (TPSA) is 194 Å². The molecular formula is C35H40N4O8. The van der Waals surface area contributed by atoms with Gasteiger partial charge >= 0.3 is 0 Å². The van der Waals surface area contributed by atoms with Crippen molar-refractivity contribution in [3.8, 4) is 16.9 Å². The molecule has 0 radical (unpaired) electrons. The van der Waals surface area contributed by atoms with Crippen LogP contribution in [0.1, 0.15) is 52.0 Å². The van der Waals surface area contributed by atoms with Crippen LogP contribution in [0.3, 0.4) is 0 Å². The zero-order valence-electron chi connectivity index (χ0n) is 26.5. The first-order valence-corrected chi connectivity index (χ1v) is 16.0. The van der Waals surface area contributed by atoms with Gasteiger partial charge in [0.15, 0.2) is 11.4 Å². The maximum absolute atomic E-state index is 14.1. The van der Waals surface area contributed by atoms with Crippen LogP contribution in [0.2, 0.25) is 0 Å². The quantitative estimate of drug-likeness (QED) is 0.243. The summed E-state index contributed by atoms with van der Waals surface area (Å²) in [5.41, 5.74) is 3.73. The van der Waals surface area contributed by atoms with E-state index in [4.69, 9.17) is 5.73 Å². The minimum absolute atomic E-state index is 0.0136. The number of aliphatic hydroxyl groups is 3. The van der Waals surface area contributed by atoms with Gasteiger partial charge in [0.1, 0.15) is 22.8 Å². The fourth-order valence-corrected chi connectivity index (χ4v) is 7.96. The summed E-state index contributed by atoms with van der Waals surface area (Å²) in [5.74, 6) is -7.24. The molecule has 4 atom stereocenters. The summed E-state index contributed by atoms with van der Waals surface area (Å²) in [7, 11) is 3.17. The third-order valence-electron chi connectivity index (χ3n) is 10.2. The SMILES string of the molecule is CN(C)[C@H]1C(O)=C(C(N)=O)C(=O)[C@@]2(O)C(O)=C3C(=O)c4c(O)ccc(-c5cccc(C(=O)NCCN6CCCCC6)c5)c4C[C@H]3C[C@@H]12. The number of fused-ring (bicyclic) bond motifs is 3. The van der Waals surface area contributed by atoms with Crippen LogP contribution in [0.5, 0.6) is 5.75 Å². The normalized spacial score (nSPS) is 26.2. The van der Waals surface area contributed by atoms with Crippen LogP contribution in [0, 0.1) is 11.8 Å². The van der Waals surface area contributed by atoms with Crippen molar-refractivity contribution in [3.05, 3.63) is 75.8 Å². The van der Waals surface area contributed by atoms with E-state index < -0.39 is 58.0 Å². The Kier molecular flexibility index (Phi) is 8.45. The van der Waals surface area contributed by atoms with E-state index >= 15 is 0 Å². The second kappa shape index (κ2) is 12.3. The Hall–Kier alpha value is -4.52. The predicted octanol–water partition coefficient (Wildman–Crippen LogP) is 2.00. The van der Waals surface area contributed by atoms with Crippen LogP contribution in [0.4, 0.5) is 0 Å². The van der Waals surface area contributed by atoms with Crippen molar-refractivity contribution in [2.45, 2.75) is 43.7 Å². The number of nitrogens with two attached hydrogens (primary N) is 1. The molecule has 4 aliphatic rings. The fourth-order valence-electron chi connectivity index (χ4n) is 7.96. The van der Waals surface area contributed by atoms with E-state index in [9.17, 15) is 39.6 Å². The minimum Gasteiger partial charge on any atom is -0.510 e. The molecular weight excluding hydrogens is 604 g/mol. The number of phenols is 1. The van der Waals surface area contributed by atoms with Crippen LogP contribution in [0.25, 0.3) is 11.1 Å². The number of aliphatic hydroxyl groups excluding tert-OH is 2. The van der Waals surface area contributed by atoms with Crippen LogP contribution in [-0.4, -0.2) is 106 Å². The smallest absolute Gasteiger partial charge is 0.255 e. The van der Waals surface area contributed by atoms with Gasteiger partial charge in [-0.05, 0) is 93.7 Å². The number of carbonyl (C=O) groups is 4. The second-order valence-corrected chi connectivity index (χ2v) is 13.2. The van der Waals surface area contributed by atoms with E-state index in [0.29, 0.717) is 28.8 Å². The number of ketones is 2. The molecule has 0 saturated carbocycles. The van der Waals surface area contributed by atoms with Crippen molar-refractivity contribution in [3.63, 3.8) is 0 Å². The number of primary amides is 1. The lowest BCUT2D eigenvalue weighted by Crippen LogP contribution is -2.63. The van der Waals surface area contributed by atoms with E-state index in [-0.39, 0.29) is 35.6 Å². The number of allylic oxidation sites excluding steroid dienone is 1. The molecule has 1 aliphatic heterocycles. The maximum Gasteiger partial charge on any atom is 0.255 e. The first-order valence-electron chi connectivity index (χ1n) is 16.0. The first kappa shape index (κ1) is 32.4. The number of benzene rings is 2. The lowest BCUT2D eigenvalue weighted by atomic mass is 9.58. The van der Waals surface area contributed by atoms with Crippen molar-refractivity contribution in [1.82, 2.24) is 15.1 Å². The minimum atomic E-state index is -2.70. The van der Waals surface area contributed by atoms with E-state index in [0.717, 1.165) is 19.6 Å². The Balaban J connectivity index is 1.35. The van der Waals surface area contributed by atoms with Crippen molar-refractivity contribution >= 4 is 23.4 Å². The summed E-state index contributed by atoms with van der Waals surface area (Å²) in [4.78, 5) is 56.7. The number of carbonyl (C=O) groups excluding carboxylic acids is 4. The molecule has 0 spiro atoms. The summed E-state index contributed by atoms with van der Waals surface area (Å²) in [6, 6.07) is 8.94. The molecule has 0 aromatic heterocycles. The number of piperidine rings is 1. The largest absolute Gasteiger partial charge is 0.510 e. The molecule has 3 aliphatic carbocycles. The monoisotopic (exact) mass is 644 g/mol. The third-order valence-corrected chi connectivity index (χ3v) is 10.2. The second-order valence-electron chi connectivity index (χ2n) is 13.2. The van der Waals surface area contributed by atoms with E-state index in [1.165, 1.54) is 30.2 Å². The molecule has 0 bridgehead atoms. The van der Waals surface area contributed by atoms with E-state index in [1.54, 1.807) is 44.4 Å². The van der Waals surface area contributed by atoms with E-state index in [2.05, 4.69) is 10.2 Å². The molecule has 2 aromatic rings. The highest BCUT2D eigenvalue weighted by Gasteiger charge is 2.63. The zero-order valence-corrected chi connectivity index (χ0v) is 26.5. The van der Waals surface area contributed by atoms with Crippen molar-refractivity contribution < 1.29 is 39.6 Å². The average molecular weight is 645 g/mol. The summed E-state index contributed by atoms with van der Waals surface area (Å²) < 4.78 is 0. The standard InChI is InChI=1S/C35H40N4O8/c1-38(2)28-23-17-20-16-22-21(18-7-6-8-19(15-18)34(46)37-11-14-39-12-4-3-5-13-39)9-10-24(40)26(22)29(41)25(20)31(43)35(23,47)32(44)27(30(28)42)33(36)45/h6-10,15,20,23,28,40,42-43,47H,3-5,11-14,16-17H2,1-2H3,(H2,36,45)(H,37,46)/t20-,23-,28+,35-/m0/s1. The highest BCUT2D eigenvalue weighted by atomic mass is 16.3. The molecule has 7 N–H and O–H groups in total. The lowest BCUT2D eigenvalue weighted by Gasteiger charge is -2.50. The number of rotatable bonds is 7. The van der Waals surface area contributed by atoms with Crippen LogP contribution in [0.15, 0.2) is 59.1 Å². The van der Waals surface area contributed by atoms with E-state index in [1.807, 2.05) is 0 Å². The fraction of sp³-hybridized carbons (Fsp3) is 0.429. The van der Waals surface area contributed by atoms with Crippen molar-refractivity contribution in [2.75, 3.05) is 40.3 Å². The Morgan fingerprint density at radius 3 is 2.47 bits per heavy atom. The molecule has 2 amide bonds. The Morgan fingerprint density at radius 1 is 1.06 bits per heavy atom. The van der Waals surface area contributed by atoms with Gasteiger partial charge in [0.25, 0.3) is 11.8 Å². The Bertz CT molecular complexity index is 1740. The summed E-state index contributed by atoms with van der Waals surface area (Å²) >= 11 is 0. The Labute approximate surface area is 272 Å². The molecule has 12 heteroatoms. The molecule has 0 unspecified atom stereocenters. The third kappa shape index (κ3) is 5.30. The van der Waals surface area contributed by atoms with Crippen molar-refractivity contribution in [2.24, 2.45) is 17.6 Å². The molecule has 1 saturated heterocycles. The molecule has 248 valence electrons. The maximum atomic E-state index is 14.1. The van der Waals surface area contributed by atoms with Gasteiger partial charge in [0.05, 0.1) is 11.6 Å². The number of amides is 2. The van der Waals surface area contributed by atoms with Crippen LogP contribution < -0.4 is 11.1 Å².